The maximum Gasteiger partial charge on any atom is 0.247 e. The third kappa shape index (κ3) is 2.66. The van der Waals surface area contributed by atoms with E-state index in [0.29, 0.717) is 0 Å². The van der Waals surface area contributed by atoms with Gasteiger partial charge in [0.2, 0.25) is 5.88 Å². The molecule has 2 aromatic rings. The van der Waals surface area contributed by atoms with Crippen molar-refractivity contribution in [2.24, 2.45) is 0 Å². The number of halogens is 4. The molecular weight excluding hydrogens is 348 g/mol. The Morgan fingerprint density at radius 2 is 2.00 bits per heavy atom. The number of nitrogens with zero attached hydrogens (tertiary/aromatic N) is 2. The summed E-state index contributed by atoms with van der Waals surface area (Å²) in [5.41, 5.74) is 5.67. The van der Waals surface area contributed by atoms with Crippen LogP contribution in [-0.2, 0) is 0 Å². The van der Waals surface area contributed by atoms with Crippen LogP contribution in [0.1, 0.15) is 0 Å². The molecule has 0 fully saturated rings. The second-order valence-corrected chi connectivity index (χ2v) is 4.80. The van der Waals surface area contributed by atoms with E-state index in [0.717, 1.165) is 6.07 Å². The van der Waals surface area contributed by atoms with Crippen LogP contribution in [0.2, 0.25) is 10.2 Å². The van der Waals surface area contributed by atoms with Crippen molar-refractivity contribution in [1.82, 2.24) is 9.97 Å². The Hall–Kier alpha value is -1.11. The molecule has 0 spiro atoms. The van der Waals surface area contributed by atoms with Crippen molar-refractivity contribution in [3.63, 3.8) is 0 Å². The lowest BCUT2D eigenvalue weighted by Gasteiger charge is -2.09. The minimum absolute atomic E-state index is 0.0126. The molecule has 2 N–H and O–H groups in total. The summed E-state index contributed by atoms with van der Waals surface area (Å²) in [5, 5.41) is 0.256. The second-order valence-electron chi connectivity index (χ2n) is 3.18. The summed E-state index contributed by atoms with van der Waals surface area (Å²) in [4.78, 5) is 7.46. The fraction of sp³-hybridized carbons (Fsp3) is 0. The van der Waals surface area contributed by atoms with Crippen molar-refractivity contribution in [1.29, 1.82) is 0 Å². The van der Waals surface area contributed by atoms with E-state index in [1.807, 2.05) is 0 Å². The van der Waals surface area contributed by atoms with Crippen LogP contribution in [0, 0.1) is 5.82 Å². The highest BCUT2D eigenvalue weighted by atomic mass is 79.9. The molecule has 0 saturated heterocycles. The standard InChI is InChI=1S/C10H5BrCl2FN3O/c11-4-1-5(12)7(2-6(4)14)18-10-8(15)9(13)16-3-17-10/h1-3H,15H2. The topological polar surface area (TPSA) is 61.0 Å². The van der Waals surface area contributed by atoms with Crippen molar-refractivity contribution >= 4 is 44.8 Å². The maximum absolute atomic E-state index is 13.4. The van der Waals surface area contributed by atoms with Crippen LogP contribution in [0.3, 0.4) is 0 Å². The molecule has 1 heterocycles. The summed E-state index contributed by atoms with van der Waals surface area (Å²) in [6.45, 7) is 0. The molecule has 1 aromatic heterocycles. The molecule has 18 heavy (non-hydrogen) atoms. The first kappa shape index (κ1) is 13.3. The molecule has 0 saturated carbocycles. The lowest BCUT2D eigenvalue weighted by Crippen LogP contribution is -1.98. The Bertz CT molecular complexity index is 612. The molecule has 0 radical (unpaired) electrons. The predicted octanol–water partition coefficient (Wildman–Crippen LogP) is 4.06. The van der Waals surface area contributed by atoms with Crippen LogP contribution >= 0.6 is 39.1 Å². The third-order valence-electron chi connectivity index (χ3n) is 1.98. The van der Waals surface area contributed by atoms with Crippen molar-refractivity contribution in [3.05, 3.63) is 38.9 Å². The van der Waals surface area contributed by atoms with E-state index in [-0.39, 0.29) is 32.0 Å². The van der Waals surface area contributed by atoms with Crippen LogP contribution in [-0.4, -0.2) is 9.97 Å². The molecule has 94 valence electrons. The second kappa shape index (κ2) is 5.26. The van der Waals surface area contributed by atoms with Crippen LogP contribution in [0.25, 0.3) is 0 Å². The third-order valence-corrected chi connectivity index (χ3v) is 3.18. The van der Waals surface area contributed by atoms with E-state index < -0.39 is 5.82 Å². The lowest BCUT2D eigenvalue weighted by atomic mass is 10.3. The Morgan fingerprint density at radius 1 is 1.28 bits per heavy atom. The number of ether oxygens (including phenoxy) is 1. The van der Waals surface area contributed by atoms with Gasteiger partial charge in [-0.3, -0.25) is 0 Å². The number of rotatable bonds is 2. The van der Waals surface area contributed by atoms with Gasteiger partial charge in [-0.15, -0.1) is 0 Å². The Morgan fingerprint density at radius 3 is 2.72 bits per heavy atom. The molecule has 0 unspecified atom stereocenters. The molecule has 8 heteroatoms. The van der Waals surface area contributed by atoms with Gasteiger partial charge in [-0.1, -0.05) is 23.2 Å². The Kier molecular flexibility index (Phi) is 3.89. The highest BCUT2D eigenvalue weighted by Crippen LogP contribution is 2.35. The monoisotopic (exact) mass is 351 g/mol. The highest BCUT2D eigenvalue weighted by Gasteiger charge is 2.13. The molecule has 0 aliphatic carbocycles. The van der Waals surface area contributed by atoms with E-state index in [1.165, 1.54) is 12.4 Å². The number of hydrogen-bond donors (Lipinski definition) is 1. The van der Waals surface area contributed by atoms with Gasteiger partial charge < -0.3 is 10.5 Å². The number of anilines is 1. The molecule has 0 bridgehead atoms. The van der Waals surface area contributed by atoms with Crippen molar-refractivity contribution in [2.45, 2.75) is 0 Å². The smallest absolute Gasteiger partial charge is 0.247 e. The van der Waals surface area contributed by atoms with Gasteiger partial charge in [0.15, 0.2) is 10.9 Å². The van der Waals surface area contributed by atoms with E-state index >= 15 is 0 Å². The number of benzene rings is 1. The summed E-state index contributed by atoms with van der Waals surface area (Å²) in [6.07, 6.45) is 1.18. The average molecular weight is 353 g/mol. The quantitative estimate of drug-likeness (QED) is 0.654. The molecule has 0 aliphatic heterocycles. The van der Waals surface area contributed by atoms with Gasteiger partial charge in [0.1, 0.15) is 17.8 Å². The first-order chi connectivity index (χ1) is 8.49. The first-order valence-electron chi connectivity index (χ1n) is 4.57. The average Bonchev–Trinajstić information content (AvgIpc) is 2.32. The van der Waals surface area contributed by atoms with E-state index in [9.17, 15) is 4.39 Å². The lowest BCUT2D eigenvalue weighted by molar-refractivity contribution is 0.459. The molecule has 0 amide bonds. The fourth-order valence-electron chi connectivity index (χ4n) is 1.13. The van der Waals surface area contributed by atoms with E-state index in [4.69, 9.17) is 33.7 Å². The summed E-state index contributed by atoms with van der Waals surface area (Å²) >= 11 is 14.6. The molecule has 0 atom stereocenters. The van der Waals surface area contributed by atoms with E-state index in [1.54, 1.807) is 0 Å². The van der Waals surface area contributed by atoms with Crippen LogP contribution < -0.4 is 10.5 Å². The van der Waals surface area contributed by atoms with Gasteiger partial charge in [0.05, 0.1) is 9.50 Å². The summed E-state index contributed by atoms with van der Waals surface area (Å²) < 4.78 is 18.9. The van der Waals surface area contributed by atoms with Crippen molar-refractivity contribution in [2.75, 3.05) is 5.73 Å². The van der Waals surface area contributed by atoms with Crippen molar-refractivity contribution in [3.8, 4) is 11.6 Å². The minimum atomic E-state index is -0.520. The molecule has 4 nitrogen and oxygen atoms in total. The maximum atomic E-state index is 13.4. The Balaban J connectivity index is 2.40. The van der Waals surface area contributed by atoms with Crippen LogP contribution in [0.4, 0.5) is 10.1 Å². The van der Waals surface area contributed by atoms with Gasteiger partial charge >= 0.3 is 0 Å². The van der Waals surface area contributed by atoms with Crippen molar-refractivity contribution < 1.29 is 9.13 Å². The molecular formula is C10H5BrCl2FN3O. The number of aromatic nitrogens is 2. The minimum Gasteiger partial charge on any atom is -0.435 e. The fourth-order valence-corrected chi connectivity index (χ4v) is 1.93. The number of hydrogen-bond acceptors (Lipinski definition) is 4. The zero-order chi connectivity index (χ0) is 13.3. The number of nitrogen functional groups attached to an aromatic ring is 1. The summed E-state index contributed by atoms with van der Waals surface area (Å²) in [5.74, 6) is -0.425. The Labute approximate surface area is 120 Å². The normalized spacial score (nSPS) is 10.4. The van der Waals surface area contributed by atoms with Crippen LogP contribution in [0.15, 0.2) is 22.9 Å². The molecule has 2 rings (SSSR count). The summed E-state index contributed by atoms with van der Waals surface area (Å²) in [7, 11) is 0. The highest BCUT2D eigenvalue weighted by molar-refractivity contribution is 9.10. The summed E-state index contributed by atoms with van der Waals surface area (Å²) in [6, 6.07) is 2.48. The predicted molar refractivity (Wildman–Crippen MR) is 70.6 cm³/mol. The van der Waals surface area contributed by atoms with Gasteiger partial charge in [-0.05, 0) is 22.0 Å². The van der Waals surface area contributed by atoms with Gasteiger partial charge in [-0.25, -0.2) is 9.37 Å². The molecule has 0 aliphatic rings. The van der Waals surface area contributed by atoms with E-state index in [2.05, 4.69) is 25.9 Å². The van der Waals surface area contributed by atoms with Gasteiger partial charge in [0, 0.05) is 6.07 Å². The van der Waals surface area contributed by atoms with Gasteiger partial charge in [0.25, 0.3) is 0 Å². The molecule has 1 aromatic carbocycles. The first-order valence-corrected chi connectivity index (χ1v) is 6.12. The van der Waals surface area contributed by atoms with Crippen LogP contribution in [0.5, 0.6) is 11.6 Å². The zero-order valence-corrected chi connectivity index (χ0v) is 11.7. The number of nitrogens with two attached hydrogens (primary N) is 1. The van der Waals surface area contributed by atoms with Gasteiger partial charge in [-0.2, -0.15) is 4.98 Å². The largest absolute Gasteiger partial charge is 0.435 e. The zero-order valence-electron chi connectivity index (χ0n) is 8.62. The SMILES string of the molecule is Nc1c(Cl)ncnc1Oc1cc(F)c(Br)cc1Cl.